The number of rotatable bonds is 4. The van der Waals surface area contributed by atoms with E-state index in [9.17, 15) is 4.79 Å². The lowest BCUT2D eigenvalue weighted by Gasteiger charge is -2.04. The Morgan fingerprint density at radius 2 is 2.24 bits per heavy atom. The molecule has 0 aliphatic heterocycles. The van der Waals surface area contributed by atoms with Gasteiger partial charge in [-0.2, -0.15) is 5.10 Å². The highest BCUT2D eigenvalue weighted by Gasteiger charge is 2.19. The van der Waals surface area contributed by atoms with Crippen molar-refractivity contribution in [3.8, 4) is 0 Å². The molecule has 0 spiro atoms. The molecule has 0 atom stereocenters. The van der Waals surface area contributed by atoms with Crippen molar-refractivity contribution in [3.05, 3.63) is 41.3 Å². The van der Waals surface area contributed by atoms with Gasteiger partial charge in [0, 0.05) is 23.9 Å². The fourth-order valence-electron chi connectivity index (χ4n) is 2.89. The molecule has 5 nitrogen and oxygen atoms in total. The van der Waals surface area contributed by atoms with Gasteiger partial charge in [-0.05, 0) is 31.4 Å². The predicted molar refractivity (Wildman–Crippen MR) is 81.1 cm³/mol. The molecule has 2 heterocycles. The number of anilines is 1. The molecule has 1 saturated carbocycles. The summed E-state index contributed by atoms with van der Waals surface area (Å²) in [6.45, 7) is 1.96. The number of hydrogen-bond donors (Lipinski definition) is 2. The third-order valence-electron chi connectivity index (χ3n) is 4.11. The van der Waals surface area contributed by atoms with Crippen molar-refractivity contribution < 1.29 is 4.79 Å². The maximum atomic E-state index is 12.1. The Kier molecular flexibility index (Phi) is 3.99. The zero-order chi connectivity index (χ0) is 14.7. The first kappa shape index (κ1) is 13.8. The quantitative estimate of drug-likeness (QED) is 0.906. The summed E-state index contributed by atoms with van der Waals surface area (Å²) in [4.78, 5) is 16.3. The highest BCUT2D eigenvalue weighted by molar-refractivity contribution is 5.91. The number of amides is 1. The molecule has 0 bridgehead atoms. The highest BCUT2D eigenvalue weighted by atomic mass is 16.1. The molecule has 110 valence electrons. The largest absolute Gasteiger partial charge is 0.309 e. The van der Waals surface area contributed by atoms with E-state index in [4.69, 9.17) is 0 Å². The molecule has 0 unspecified atom stereocenters. The van der Waals surface area contributed by atoms with Crippen molar-refractivity contribution in [1.29, 1.82) is 0 Å². The molecule has 1 amide bonds. The summed E-state index contributed by atoms with van der Waals surface area (Å²) in [6.07, 6.45) is 6.97. The van der Waals surface area contributed by atoms with E-state index in [0.717, 1.165) is 17.0 Å². The van der Waals surface area contributed by atoms with Crippen LogP contribution in [0.5, 0.6) is 0 Å². The Bertz CT molecular complexity index is 629. The number of carbonyl (C=O) groups is 1. The van der Waals surface area contributed by atoms with Crippen molar-refractivity contribution in [2.24, 2.45) is 0 Å². The van der Waals surface area contributed by atoms with Crippen LogP contribution >= 0.6 is 0 Å². The molecule has 2 aromatic heterocycles. The van der Waals surface area contributed by atoms with Crippen LogP contribution in [0.3, 0.4) is 0 Å². The van der Waals surface area contributed by atoms with E-state index in [2.05, 4.69) is 20.5 Å². The van der Waals surface area contributed by atoms with E-state index in [1.54, 1.807) is 6.20 Å². The van der Waals surface area contributed by atoms with Gasteiger partial charge in [0.15, 0.2) is 5.82 Å². The maximum absolute atomic E-state index is 12.1. The summed E-state index contributed by atoms with van der Waals surface area (Å²) in [5, 5.41) is 10.1. The average molecular weight is 284 g/mol. The van der Waals surface area contributed by atoms with Gasteiger partial charge in [-0.25, -0.2) is 0 Å². The number of aromatic amines is 1. The van der Waals surface area contributed by atoms with E-state index in [0.29, 0.717) is 11.7 Å². The van der Waals surface area contributed by atoms with Crippen LogP contribution in [0.1, 0.15) is 48.6 Å². The number of nitrogens with one attached hydrogen (secondary N) is 2. The molecule has 1 fully saturated rings. The summed E-state index contributed by atoms with van der Waals surface area (Å²) in [5.41, 5.74) is 2.97. The minimum Gasteiger partial charge on any atom is -0.309 e. The molecular formula is C16H20N4O. The van der Waals surface area contributed by atoms with Gasteiger partial charge in [-0.3, -0.25) is 14.9 Å². The summed E-state index contributed by atoms with van der Waals surface area (Å²) >= 11 is 0. The Labute approximate surface area is 124 Å². The first-order valence-electron chi connectivity index (χ1n) is 7.48. The first-order chi connectivity index (χ1) is 10.2. The van der Waals surface area contributed by atoms with Crippen molar-refractivity contribution in [2.45, 2.75) is 44.9 Å². The molecule has 1 aliphatic rings. The van der Waals surface area contributed by atoms with Gasteiger partial charge in [0.05, 0.1) is 12.1 Å². The second-order valence-corrected chi connectivity index (χ2v) is 5.68. The minimum atomic E-state index is -0.0822. The van der Waals surface area contributed by atoms with Crippen molar-refractivity contribution >= 4 is 11.7 Å². The number of carbonyl (C=O) groups excluding carboxylic acids is 1. The van der Waals surface area contributed by atoms with Gasteiger partial charge >= 0.3 is 0 Å². The molecule has 3 rings (SSSR count). The van der Waals surface area contributed by atoms with E-state index in [-0.39, 0.29) is 12.3 Å². The first-order valence-corrected chi connectivity index (χ1v) is 7.48. The van der Waals surface area contributed by atoms with Crippen molar-refractivity contribution in [3.63, 3.8) is 0 Å². The van der Waals surface area contributed by atoms with Crippen LogP contribution in [0, 0.1) is 6.92 Å². The van der Waals surface area contributed by atoms with Gasteiger partial charge in [0.1, 0.15) is 0 Å². The van der Waals surface area contributed by atoms with Gasteiger partial charge in [0.25, 0.3) is 0 Å². The topological polar surface area (TPSA) is 70.7 Å². The molecule has 2 N–H and O–H groups in total. The van der Waals surface area contributed by atoms with Crippen LogP contribution in [0.4, 0.5) is 5.82 Å². The Balaban J connectivity index is 1.61. The number of H-pyrrole nitrogens is 1. The Hall–Kier alpha value is -2.17. The summed E-state index contributed by atoms with van der Waals surface area (Å²) < 4.78 is 0. The molecule has 21 heavy (non-hydrogen) atoms. The smallest absolute Gasteiger partial charge is 0.231 e. The summed E-state index contributed by atoms with van der Waals surface area (Å²) in [6, 6.07) is 5.79. The third kappa shape index (κ3) is 3.29. The molecule has 0 radical (unpaired) electrons. The maximum Gasteiger partial charge on any atom is 0.231 e. The monoisotopic (exact) mass is 284 g/mol. The lowest BCUT2D eigenvalue weighted by molar-refractivity contribution is -0.115. The van der Waals surface area contributed by atoms with Crippen LogP contribution in [0.2, 0.25) is 0 Å². The number of hydrogen-bond acceptors (Lipinski definition) is 3. The zero-order valence-electron chi connectivity index (χ0n) is 12.2. The van der Waals surface area contributed by atoms with Crippen molar-refractivity contribution in [1.82, 2.24) is 15.2 Å². The average Bonchev–Trinajstić information content (AvgIpc) is 3.12. The standard InChI is InChI=1S/C16H20N4O/c1-11-5-4-8-17-13(11)10-16(21)18-15-9-14(19-20-15)12-6-2-3-7-12/h4-5,8-9,12H,2-3,6-7,10H2,1H3,(H2,18,19,20,21). The SMILES string of the molecule is Cc1cccnc1CC(=O)Nc1cc(C2CCCC2)[nH]n1. The van der Waals surface area contributed by atoms with E-state index >= 15 is 0 Å². The third-order valence-corrected chi connectivity index (χ3v) is 4.11. The van der Waals surface area contributed by atoms with Gasteiger partial charge in [0.2, 0.25) is 5.91 Å². The normalized spacial score (nSPS) is 15.3. The number of aromatic nitrogens is 3. The van der Waals surface area contributed by atoms with Gasteiger partial charge in [-0.15, -0.1) is 0 Å². The fraction of sp³-hybridized carbons (Fsp3) is 0.438. The van der Waals surface area contributed by atoms with Gasteiger partial charge in [-0.1, -0.05) is 18.9 Å². The number of aryl methyl sites for hydroxylation is 1. The fourth-order valence-corrected chi connectivity index (χ4v) is 2.89. The van der Waals surface area contributed by atoms with Crippen LogP contribution < -0.4 is 5.32 Å². The van der Waals surface area contributed by atoms with Crippen LogP contribution in [-0.4, -0.2) is 21.1 Å². The summed E-state index contributed by atoms with van der Waals surface area (Å²) in [7, 11) is 0. The molecule has 1 aliphatic carbocycles. The molecular weight excluding hydrogens is 264 g/mol. The van der Waals surface area contributed by atoms with E-state index in [1.165, 1.54) is 25.7 Å². The zero-order valence-corrected chi connectivity index (χ0v) is 12.2. The second kappa shape index (κ2) is 6.08. The number of nitrogens with zero attached hydrogens (tertiary/aromatic N) is 2. The second-order valence-electron chi connectivity index (χ2n) is 5.68. The van der Waals surface area contributed by atoms with Crippen LogP contribution in [0.25, 0.3) is 0 Å². The minimum absolute atomic E-state index is 0.0822. The lowest BCUT2D eigenvalue weighted by atomic mass is 10.0. The van der Waals surface area contributed by atoms with Crippen LogP contribution in [0.15, 0.2) is 24.4 Å². The number of pyridine rings is 1. The van der Waals surface area contributed by atoms with E-state index < -0.39 is 0 Å². The molecule has 2 aromatic rings. The Morgan fingerprint density at radius 3 is 3.00 bits per heavy atom. The molecule has 0 aromatic carbocycles. The predicted octanol–water partition coefficient (Wildman–Crippen LogP) is 2.95. The van der Waals surface area contributed by atoms with Crippen LogP contribution in [-0.2, 0) is 11.2 Å². The highest BCUT2D eigenvalue weighted by Crippen LogP contribution is 2.33. The summed E-state index contributed by atoms with van der Waals surface area (Å²) in [5.74, 6) is 1.10. The Morgan fingerprint density at radius 1 is 1.43 bits per heavy atom. The molecule has 0 saturated heterocycles. The lowest BCUT2D eigenvalue weighted by Crippen LogP contribution is -2.16. The molecule has 5 heteroatoms. The van der Waals surface area contributed by atoms with Gasteiger partial charge < -0.3 is 5.32 Å². The van der Waals surface area contributed by atoms with E-state index in [1.807, 2.05) is 25.1 Å². The van der Waals surface area contributed by atoms with Crippen molar-refractivity contribution in [2.75, 3.05) is 5.32 Å².